The Labute approximate surface area is 224 Å². The third-order valence-electron chi connectivity index (χ3n) is 6.47. The molecule has 0 aliphatic carbocycles. The SMILES string of the molecule is Cc1cccc(C)c1-c1cc2nc(n1)NS(=O)(=O)c1cccc(c1)N[C@H](C)[C@H](c1ccc(C(F)(F)F)cc1)O2. The maximum atomic E-state index is 13.2. The molecule has 2 heterocycles. The van der Waals surface area contributed by atoms with Crippen LogP contribution >= 0.6 is 0 Å². The van der Waals surface area contributed by atoms with Crippen molar-refractivity contribution in [1.82, 2.24) is 9.97 Å². The lowest BCUT2D eigenvalue weighted by Gasteiger charge is -2.28. The van der Waals surface area contributed by atoms with Crippen molar-refractivity contribution in [2.75, 3.05) is 10.0 Å². The lowest BCUT2D eigenvalue weighted by atomic mass is 9.99. The summed E-state index contributed by atoms with van der Waals surface area (Å²) in [4.78, 5) is 8.81. The summed E-state index contributed by atoms with van der Waals surface area (Å²) in [6.45, 7) is 5.62. The Morgan fingerprint density at radius 1 is 0.897 bits per heavy atom. The average Bonchev–Trinajstić information content (AvgIpc) is 2.86. The highest BCUT2D eigenvalue weighted by Gasteiger charge is 2.31. The average molecular weight is 555 g/mol. The number of sulfonamides is 1. The molecule has 3 aromatic carbocycles. The Bertz CT molecular complexity index is 1620. The van der Waals surface area contributed by atoms with E-state index in [1.807, 2.05) is 32.0 Å². The first kappa shape index (κ1) is 26.5. The van der Waals surface area contributed by atoms with Crippen molar-refractivity contribution >= 4 is 21.7 Å². The minimum Gasteiger partial charge on any atom is -0.467 e. The molecule has 4 bridgehead atoms. The molecule has 0 amide bonds. The zero-order valence-electron chi connectivity index (χ0n) is 21.2. The molecular weight excluding hydrogens is 529 g/mol. The van der Waals surface area contributed by atoms with Gasteiger partial charge in [-0.1, -0.05) is 36.4 Å². The van der Waals surface area contributed by atoms with Crippen LogP contribution in [0.5, 0.6) is 5.88 Å². The number of fused-ring (bicyclic) bond motifs is 4. The largest absolute Gasteiger partial charge is 0.467 e. The van der Waals surface area contributed by atoms with Gasteiger partial charge in [-0.2, -0.15) is 18.2 Å². The van der Waals surface area contributed by atoms with E-state index in [4.69, 9.17) is 4.74 Å². The topological polar surface area (TPSA) is 93.2 Å². The molecule has 2 N–H and O–H groups in total. The molecule has 0 radical (unpaired) electrons. The van der Waals surface area contributed by atoms with Gasteiger partial charge in [0.25, 0.3) is 10.0 Å². The van der Waals surface area contributed by atoms with Gasteiger partial charge in [-0.05, 0) is 67.8 Å². The molecule has 11 heteroatoms. The van der Waals surface area contributed by atoms with E-state index in [0.29, 0.717) is 16.9 Å². The normalized spacial score (nSPS) is 18.5. The zero-order chi connectivity index (χ0) is 27.9. The zero-order valence-corrected chi connectivity index (χ0v) is 22.1. The van der Waals surface area contributed by atoms with Gasteiger partial charge in [0.1, 0.15) is 6.10 Å². The van der Waals surface area contributed by atoms with Crippen LogP contribution in [-0.4, -0.2) is 24.4 Å². The number of benzene rings is 3. The fourth-order valence-corrected chi connectivity index (χ4v) is 5.59. The molecule has 0 unspecified atom stereocenters. The van der Waals surface area contributed by atoms with Crippen molar-refractivity contribution < 1.29 is 26.3 Å². The Balaban J connectivity index is 1.68. The molecular formula is C28H25F3N4O3S. The quantitative estimate of drug-likeness (QED) is 0.293. The van der Waals surface area contributed by atoms with E-state index in [0.717, 1.165) is 28.8 Å². The lowest BCUT2D eigenvalue weighted by Crippen LogP contribution is -2.29. The second kappa shape index (κ2) is 9.88. The summed E-state index contributed by atoms with van der Waals surface area (Å²) in [7, 11) is -4.05. The van der Waals surface area contributed by atoms with Crippen LogP contribution in [0, 0.1) is 13.8 Å². The summed E-state index contributed by atoms with van der Waals surface area (Å²) in [6, 6.07) is 17.8. The van der Waals surface area contributed by atoms with E-state index in [1.54, 1.807) is 25.1 Å². The van der Waals surface area contributed by atoms with Gasteiger partial charge >= 0.3 is 6.18 Å². The number of nitrogens with zero attached hydrogens (tertiary/aromatic N) is 2. The first-order valence-electron chi connectivity index (χ1n) is 12.1. The van der Waals surface area contributed by atoms with E-state index < -0.39 is 33.9 Å². The van der Waals surface area contributed by atoms with Crippen molar-refractivity contribution in [2.24, 2.45) is 0 Å². The van der Waals surface area contributed by atoms with Crippen molar-refractivity contribution in [2.45, 2.75) is 44.0 Å². The van der Waals surface area contributed by atoms with Gasteiger partial charge in [0, 0.05) is 17.3 Å². The van der Waals surface area contributed by atoms with Gasteiger partial charge < -0.3 is 10.1 Å². The molecule has 202 valence electrons. The highest BCUT2D eigenvalue weighted by atomic mass is 32.2. The number of nitrogens with one attached hydrogen (secondary N) is 2. The summed E-state index contributed by atoms with van der Waals surface area (Å²) < 4.78 is 74.8. The number of hydrogen-bond acceptors (Lipinski definition) is 6. The third kappa shape index (κ3) is 5.53. The molecule has 0 fully saturated rings. The van der Waals surface area contributed by atoms with Gasteiger partial charge in [0.2, 0.25) is 11.8 Å². The van der Waals surface area contributed by atoms with Crippen LogP contribution in [0.25, 0.3) is 11.3 Å². The second-order valence-electron chi connectivity index (χ2n) is 9.41. The van der Waals surface area contributed by atoms with E-state index >= 15 is 0 Å². The number of aromatic nitrogens is 2. The van der Waals surface area contributed by atoms with E-state index in [2.05, 4.69) is 20.0 Å². The summed E-state index contributed by atoms with van der Waals surface area (Å²) >= 11 is 0. The lowest BCUT2D eigenvalue weighted by molar-refractivity contribution is -0.137. The molecule has 5 rings (SSSR count). The van der Waals surface area contributed by atoms with Crippen LogP contribution in [0.1, 0.15) is 35.3 Å². The van der Waals surface area contributed by atoms with E-state index in [1.165, 1.54) is 24.3 Å². The van der Waals surface area contributed by atoms with E-state index in [9.17, 15) is 21.6 Å². The number of alkyl halides is 3. The Kier molecular flexibility index (Phi) is 6.71. The fraction of sp³-hybridized carbons (Fsp3) is 0.214. The fourth-order valence-electron chi connectivity index (χ4n) is 4.60. The van der Waals surface area contributed by atoms with Gasteiger partial charge in [0.05, 0.1) is 22.2 Å². The maximum absolute atomic E-state index is 13.2. The predicted octanol–water partition coefficient (Wildman–Crippen LogP) is 6.51. The number of hydrogen-bond donors (Lipinski definition) is 2. The summed E-state index contributed by atoms with van der Waals surface area (Å²) in [5, 5.41) is 3.22. The van der Waals surface area contributed by atoms with Gasteiger partial charge in [-0.3, -0.25) is 0 Å². The highest BCUT2D eigenvalue weighted by Crippen LogP contribution is 2.35. The van der Waals surface area contributed by atoms with Crippen molar-refractivity contribution in [3.63, 3.8) is 0 Å². The number of ether oxygens (including phenoxy) is 1. The predicted molar refractivity (Wildman–Crippen MR) is 142 cm³/mol. The first-order valence-corrected chi connectivity index (χ1v) is 13.6. The minimum atomic E-state index is -4.48. The molecule has 1 aliphatic heterocycles. The van der Waals surface area contributed by atoms with Crippen molar-refractivity contribution in [3.05, 3.63) is 95.1 Å². The second-order valence-corrected chi connectivity index (χ2v) is 11.1. The van der Waals surface area contributed by atoms with Crippen LogP contribution in [0.15, 0.2) is 77.7 Å². The number of aryl methyl sites for hydroxylation is 2. The van der Waals surface area contributed by atoms with E-state index in [-0.39, 0.29) is 16.7 Å². The molecule has 39 heavy (non-hydrogen) atoms. The Hall–Kier alpha value is -4.12. The summed E-state index contributed by atoms with van der Waals surface area (Å²) in [5.74, 6) is -0.133. The summed E-state index contributed by atoms with van der Waals surface area (Å²) in [5.41, 5.74) is 3.25. The van der Waals surface area contributed by atoms with Crippen LogP contribution < -0.4 is 14.8 Å². The van der Waals surface area contributed by atoms with Crippen LogP contribution in [0.2, 0.25) is 0 Å². The highest BCUT2D eigenvalue weighted by molar-refractivity contribution is 7.92. The maximum Gasteiger partial charge on any atom is 0.416 e. The first-order chi connectivity index (χ1) is 18.4. The van der Waals surface area contributed by atoms with Gasteiger partial charge in [-0.15, -0.1) is 0 Å². The molecule has 1 aromatic heterocycles. The molecule has 1 aliphatic rings. The van der Waals surface area contributed by atoms with Crippen molar-refractivity contribution in [3.8, 4) is 17.1 Å². The van der Waals surface area contributed by atoms with Crippen LogP contribution in [0.4, 0.5) is 24.8 Å². The molecule has 0 spiro atoms. The molecule has 4 aromatic rings. The molecule has 7 nitrogen and oxygen atoms in total. The molecule has 2 atom stereocenters. The van der Waals surface area contributed by atoms with Gasteiger partial charge in [-0.25, -0.2) is 18.1 Å². The van der Waals surface area contributed by atoms with Gasteiger partial charge in [0.15, 0.2) is 0 Å². The molecule has 0 saturated carbocycles. The Morgan fingerprint density at radius 3 is 2.23 bits per heavy atom. The molecule has 0 saturated heterocycles. The number of anilines is 2. The standard InChI is InChI=1S/C28H25F3N4O3S/c1-16-6-4-7-17(2)25(16)23-15-24-34-27(33-23)35-39(36,37)22-9-5-8-21(14-22)32-18(3)26(38-24)19-10-12-20(13-11-19)28(29,30)31/h4-15,18,26,32H,1-3H3,(H,33,34,35)/t18-,26-/m1/s1. The van der Waals surface area contributed by atoms with Crippen LogP contribution in [0.3, 0.4) is 0 Å². The van der Waals surface area contributed by atoms with Crippen molar-refractivity contribution in [1.29, 1.82) is 0 Å². The number of halogens is 3. The smallest absolute Gasteiger partial charge is 0.416 e. The number of rotatable bonds is 2. The monoisotopic (exact) mass is 554 g/mol. The Morgan fingerprint density at radius 2 is 1.56 bits per heavy atom. The third-order valence-corrected chi connectivity index (χ3v) is 7.80. The minimum absolute atomic E-state index is 0.00472. The summed E-state index contributed by atoms with van der Waals surface area (Å²) in [6.07, 6.45) is -5.27. The van der Waals surface area contributed by atoms with Crippen LogP contribution in [-0.2, 0) is 16.2 Å².